The van der Waals surface area contributed by atoms with Crippen LogP contribution in [-0.4, -0.2) is 51.8 Å². The van der Waals surface area contributed by atoms with Gasteiger partial charge in [0.2, 0.25) is 0 Å². The molecule has 0 saturated heterocycles. The topological polar surface area (TPSA) is 178 Å². The van der Waals surface area contributed by atoms with E-state index in [9.17, 15) is 32.5 Å². The molecule has 3 N–H and O–H groups in total. The van der Waals surface area contributed by atoms with Gasteiger partial charge in [0.1, 0.15) is 0 Å². The quantitative estimate of drug-likeness (QED) is 0.243. The fourth-order valence-electron chi connectivity index (χ4n) is 0.846. The molecule has 0 spiro atoms. The first-order valence-electron chi connectivity index (χ1n) is 3.82. The summed E-state index contributed by atoms with van der Waals surface area (Å²) < 4.78 is 33.2. The van der Waals surface area contributed by atoms with Crippen molar-refractivity contribution < 1.29 is 76.4 Å². The molecule has 0 fully saturated rings. The Morgan fingerprint density at radius 3 is 1.89 bits per heavy atom. The van der Waals surface area contributed by atoms with Crippen LogP contribution < -0.4 is 29.6 Å². The Labute approximate surface area is 123 Å². The van der Waals surface area contributed by atoms with Gasteiger partial charge in [0, 0.05) is 0 Å². The van der Waals surface area contributed by atoms with Crippen LogP contribution in [0.1, 0.15) is 12.8 Å². The number of carboxylic acids is 2. The molecule has 0 heterocycles. The number of aliphatic hydroxyl groups is 1. The molecule has 1 unspecified atom stereocenters. The molecule has 98 valence electrons. The molecule has 0 rings (SSSR count). The molecule has 12 heteroatoms. The summed E-state index contributed by atoms with van der Waals surface area (Å²) in [6.07, 6.45) is -2.85. The molecule has 1 atom stereocenters. The van der Waals surface area contributed by atoms with Crippen molar-refractivity contribution >= 4 is 28.3 Å². The van der Waals surface area contributed by atoms with Crippen molar-refractivity contribution in [3.05, 3.63) is 0 Å². The average molecular weight is 294 g/mol. The van der Waals surface area contributed by atoms with E-state index >= 15 is 0 Å². The molecule has 0 aliphatic rings. The Morgan fingerprint density at radius 2 is 1.61 bits per heavy atom. The van der Waals surface area contributed by atoms with E-state index < -0.39 is 46.7 Å². The molecule has 0 aromatic carbocycles. The number of carbonyl (C=O) groups excluding carboxylic acids is 1. The van der Waals surface area contributed by atoms with Crippen LogP contribution in [0.2, 0.25) is 0 Å². The van der Waals surface area contributed by atoms with Crippen molar-refractivity contribution in [3.63, 3.8) is 0 Å². The minimum absolute atomic E-state index is 0. The Kier molecular flexibility index (Phi) is 7.64. The van der Waals surface area contributed by atoms with Crippen LogP contribution in [-0.2, 0) is 29.0 Å². The normalized spacial score (nSPS) is 13.9. The summed E-state index contributed by atoms with van der Waals surface area (Å²) in [6.45, 7) is 0. The minimum Gasteiger partial charge on any atom is -0.716 e. The summed E-state index contributed by atoms with van der Waals surface area (Å²) in [7, 11) is -5.40. The zero-order valence-electron chi connectivity index (χ0n) is 9.02. The molecule has 0 radical (unpaired) electrons. The third-order valence-electron chi connectivity index (χ3n) is 1.47. The molecular formula is C6H7NaO10S. The number of aliphatic carboxylic acids is 2. The molecule has 0 aliphatic carbocycles. The summed E-state index contributed by atoms with van der Waals surface area (Å²) in [5.74, 6) is -5.68. The second-order valence-electron chi connectivity index (χ2n) is 2.95. The van der Waals surface area contributed by atoms with Crippen molar-refractivity contribution in [2.45, 2.75) is 18.4 Å². The predicted octanol–water partition coefficient (Wildman–Crippen LogP) is -5.33. The van der Waals surface area contributed by atoms with E-state index in [1.807, 2.05) is 0 Å². The first-order chi connectivity index (χ1) is 7.46. The Morgan fingerprint density at radius 1 is 1.17 bits per heavy atom. The van der Waals surface area contributed by atoms with Gasteiger partial charge >= 0.3 is 47.5 Å². The van der Waals surface area contributed by atoms with Gasteiger partial charge in [0.15, 0.2) is 5.60 Å². The maximum atomic E-state index is 10.7. The summed E-state index contributed by atoms with van der Waals surface area (Å²) >= 11 is 0. The van der Waals surface area contributed by atoms with Crippen molar-refractivity contribution in [3.8, 4) is 0 Å². The van der Waals surface area contributed by atoms with Gasteiger partial charge in [-0.15, -0.1) is 0 Å². The SMILES string of the molecule is O=C(O)CC(O)(CC(=O)OS(=O)(=O)[O-])C(=O)O.[Na+]. The number of carbonyl (C=O) groups is 3. The fourth-order valence-corrected chi connectivity index (χ4v) is 1.13. The number of rotatable bonds is 6. The monoisotopic (exact) mass is 294 g/mol. The second-order valence-corrected chi connectivity index (χ2v) is 3.93. The molecule has 0 aromatic rings. The van der Waals surface area contributed by atoms with E-state index in [0.717, 1.165) is 0 Å². The smallest absolute Gasteiger partial charge is 0.716 e. The molecule has 0 amide bonds. The first kappa shape index (κ1) is 19.6. The van der Waals surface area contributed by atoms with E-state index in [4.69, 9.17) is 10.2 Å². The Bertz CT molecular complexity index is 441. The Hall–Kier alpha value is -0.720. The molecule has 0 bridgehead atoms. The zero-order chi connectivity index (χ0) is 13.9. The second kappa shape index (κ2) is 7.01. The van der Waals surface area contributed by atoms with Crippen LogP contribution in [0.5, 0.6) is 0 Å². The van der Waals surface area contributed by atoms with Crippen LogP contribution in [0.4, 0.5) is 0 Å². The third kappa shape index (κ3) is 7.58. The van der Waals surface area contributed by atoms with Crippen molar-refractivity contribution in [2.24, 2.45) is 0 Å². The van der Waals surface area contributed by atoms with Gasteiger partial charge in [-0.2, -0.15) is 0 Å². The van der Waals surface area contributed by atoms with Gasteiger partial charge in [0.05, 0.1) is 12.8 Å². The van der Waals surface area contributed by atoms with Gasteiger partial charge in [-0.3, -0.25) is 9.59 Å². The number of carboxylic acid groups (broad SMARTS) is 2. The first-order valence-corrected chi connectivity index (χ1v) is 5.15. The maximum absolute atomic E-state index is 10.7. The van der Waals surface area contributed by atoms with Gasteiger partial charge < -0.3 is 24.1 Å². The van der Waals surface area contributed by atoms with Crippen LogP contribution >= 0.6 is 0 Å². The Balaban J connectivity index is 0. The molecule has 0 aliphatic heterocycles. The zero-order valence-corrected chi connectivity index (χ0v) is 11.8. The van der Waals surface area contributed by atoms with Crippen molar-refractivity contribution in [2.75, 3.05) is 0 Å². The predicted molar refractivity (Wildman–Crippen MR) is 45.2 cm³/mol. The molecular weight excluding hydrogens is 287 g/mol. The maximum Gasteiger partial charge on any atom is 1.00 e. The van der Waals surface area contributed by atoms with Gasteiger partial charge in [-0.25, -0.2) is 13.2 Å². The summed E-state index contributed by atoms with van der Waals surface area (Å²) in [6, 6.07) is 0. The number of hydrogen-bond acceptors (Lipinski definition) is 8. The van der Waals surface area contributed by atoms with Crippen LogP contribution in [0, 0.1) is 0 Å². The standard InChI is InChI=1S/C6H8O10S.Na/c7-3(8)1-6(12,5(10)11)2-4(9)16-17(13,14)15;/h12H,1-2H2,(H,7,8)(H,10,11)(H,13,14,15);/q;+1/p-1. The van der Waals surface area contributed by atoms with Crippen LogP contribution in [0.15, 0.2) is 0 Å². The van der Waals surface area contributed by atoms with E-state index in [2.05, 4.69) is 4.18 Å². The van der Waals surface area contributed by atoms with E-state index in [1.165, 1.54) is 0 Å². The van der Waals surface area contributed by atoms with Gasteiger partial charge in [-0.05, 0) is 0 Å². The summed E-state index contributed by atoms with van der Waals surface area (Å²) in [4.78, 5) is 31.5. The molecule has 10 nitrogen and oxygen atoms in total. The molecule has 0 aromatic heterocycles. The fraction of sp³-hybridized carbons (Fsp3) is 0.500. The molecule has 0 saturated carbocycles. The van der Waals surface area contributed by atoms with E-state index in [0.29, 0.717) is 0 Å². The third-order valence-corrected chi connectivity index (χ3v) is 1.86. The molecule has 18 heavy (non-hydrogen) atoms. The van der Waals surface area contributed by atoms with Crippen molar-refractivity contribution in [1.29, 1.82) is 0 Å². The largest absolute Gasteiger partial charge is 1.00 e. The van der Waals surface area contributed by atoms with E-state index in [-0.39, 0.29) is 29.6 Å². The van der Waals surface area contributed by atoms with E-state index in [1.54, 1.807) is 0 Å². The average Bonchev–Trinajstić information content (AvgIpc) is 1.96. The van der Waals surface area contributed by atoms with Crippen LogP contribution in [0.3, 0.4) is 0 Å². The summed E-state index contributed by atoms with van der Waals surface area (Å²) in [5, 5.41) is 26.0. The van der Waals surface area contributed by atoms with Crippen LogP contribution in [0.25, 0.3) is 0 Å². The summed E-state index contributed by atoms with van der Waals surface area (Å²) in [5.41, 5.74) is -3.05. The number of hydrogen-bond donors (Lipinski definition) is 3. The van der Waals surface area contributed by atoms with Gasteiger partial charge in [-0.1, -0.05) is 0 Å². The van der Waals surface area contributed by atoms with Crippen molar-refractivity contribution in [1.82, 2.24) is 0 Å². The van der Waals surface area contributed by atoms with Gasteiger partial charge in [0.25, 0.3) is 10.4 Å². The minimum atomic E-state index is -5.40.